The van der Waals surface area contributed by atoms with Gasteiger partial charge in [0.05, 0.1) is 6.61 Å². The molecule has 0 amide bonds. The fraction of sp³-hybridized carbons (Fsp3) is 1.00. The molecule has 1 saturated heterocycles. The lowest BCUT2D eigenvalue weighted by molar-refractivity contribution is 0.0660. The van der Waals surface area contributed by atoms with Gasteiger partial charge in [-0.25, -0.2) is 0 Å². The summed E-state index contributed by atoms with van der Waals surface area (Å²) in [7, 11) is 0. The van der Waals surface area contributed by atoms with Crippen LogP contribution in [0.2, 0.25) is 0 Å². The summed E-state index contributed by atoms with van der Waals surface area (Å²) >= 11 is 0. The zero-order chi connectivity index (χ0) is 9.31. The van der Waals surface area contributed by atoms with E-state index in [0.29, 0.717) is 12.0 Å². The molecule has 2 rings (SSSR count). The Bertz CT molecular complexity index is 178. The number of nitrogens with two attached hydrogens (primary N) is 1. The lowest BCUT2D eigenvalue weighted by Crippen LogP contribution is -2.42. The number of aliphatic hydroxyl groups excluding tert-OH is 1. The van der Waals surface area contributed by atoms with E-state index in [1.54, 1.807) is 0 Å². The number of rotatable bonds is 3. The Morgan fingerprint density at radius 3 is 2.85 bits per heavy atom. The molecule has 1 heterocycles. The highest BCUT2D eigenvalue weighted by Gasteiger charge is 2.47. The number of nitrogens with zero attached hydrogens (tertiary/aromatic N) is 1. The Hall–Kier alpha value is -0.120. The van der Waals surface area contributed by atoms with Crippen LogP contribution < -0.4 is 5.73 Å². The van der Waals surface area contributed by atoms with E-state index in [9.17, 15) is 0 Å². The van der Waals surface area contributed by atoms with Gasteiger partial charge in [-0.1, -0.05) is 0 Å². The first kappa shape index (κ1) is 9.44. The van der Waals surface area contributed by atoms with E-state index in [0.717, 1.165) is 19.0 Å². The molecule has 3 nitrogen and oxygen atoms in total. The summed E-state index contributed by atoms with van der Waals surface area (Å²) in [5.74, 6) is 0.786. The van der Waals surface area contributed by atoms with Gasteiger partial charge in [-0.2, -0.15) is 0 Å². The van der Waals surface area contributed by atoms with Gasteiger partial charge in [-0.3, -0.25) is 0 Å². The molecular formula is C10H20N2O. The minimum Gasteiger partial charge on any atom is -0.395 e. The van der Waals surface area contributed by atoms with Crippen molar-refractivity contribution < 1.29 is 5.11 Å². The summed E-state index contributed by atoms with van der Waals surface area (Å²) in [5.41, 5.74) is 6.22. The molecule has 1 aliphatic heterocycles. The van der Waals surface area contributed by atoms with Crippen LogP contribution in [0, 0.1) is 11.3 Å². The first-order valence-corrected chi connectivity index (χ1v) is 5.31. The first-order chi connectivity index (χ1) is 6.28. The van der Waals surface area contributed by atoms with Gasteiger partial charge < -0.3 is 15.7 Å². The third kappa shape index (κ3) is 1.73. The Kier molecular flexibility index (Phi) is 2.58. The Labute approximate surface area is 79.9 Å². The minimum absolute atomic E-state index is 0.302. The van der Waals surface area contributed by atoms with E-state index in [1.807, 2.05) is 0 Å². The lowest BCUT2D eigenvalue weighted by Gasteiger charge is -2.45. The summed E-state index contributed by atoms with van der Waals surface area (Å²) in [5, 5.41) is 8.82. The van der Waals surface area contributed by atoms with Crippen LogP contribution in [0.4, 0.5) is 0 Å². The van der Waals surface area contributed by atoms with Gasteiger partial charge in [0.25, 0.3) is 0 Å². The highest BCUT2D eigenvalue weighted by molar-refractivity contribution is 5.00. The minimum atomic E-state index is 0.302. The SMILES string of the molecule is NCC1CC2(CCN(CCO)C2)C1. The molecule has 0 bridgehead atoms. The number of hydrogen-bond acceptors (Lipinski definition) is 3. The molecule has 1 aliphatic carbocycles. The maximum absolute atomic E-state index is 8.82. The maximum atomic E-state index is 8.82. The second-order valence-corrected chi connectivity index (χ2v) is 4.76. The number of hydrogen-bond donors (Lipinski definition) is 2. The highest BCUT2D eigenvalue weighted by Crippen LogP contribution is 2.51. The van der Waals surface area contributed by atoms with Crippen LogP contribution in [0.1, 0.15) is 19.3 Å². The van der Waals surface area contributed by atoms with Crippen LogP contribution in [-0.2, 0) is 0 Å². The molecule has 13 heavy (non-hydrogen) atoms. The van der Waals surface area contributed by atoms with Crippen molar-refractivity contribution in [2.75, 3.05) is 32.8 Å². The van der Waals surface area contributed by atoms with E-state index in [-0.39, 0.29) is 0 Å². The smallest absolute Gasteiger partial charge is 0.0558 e. The van der Waals surface area contributed by atoms with Crippen LogP contribution in [0.25, 0.3) is 0 Å². The van der Waals surface area contributed by atoms with Crippen molar-refractivity contribution in [2.45, 2.75) is 19.3 Å². The van der Waals surface area contributed by atoms with Crippen molar-refractivity contribution in [3.05, 3.63) is 0 Å². The van der Waals surface area contributed by atoms with Gasteiger partial charge in [-0.15, -0.1) is 0 Å². The lowest BCUT2D eigenvalue weighted by atomic mass is 9.61. The van der Waals surface area contributed by atoms with Crippen molar-refractivity contribution in [3.8, 4) is 0 Å². The fourth-order valence-corrected chi connectivity index (χ4v) is 3.02. The summed E-state index contributed by atoms with van der Waals surface area (Å²) in [4.78, 5) is 2.38. The molecule has 1 saturated carbocycles. The average Bonchev–Trinajstić information content (AvgIpc) is 2.46. The number of aliphatic hydroxyl groups is 1. The van der Waals surface area contributed by atoms with E-state index in [4.69, 9.17) is 10.8 Å². The molecule has 2 fully saturated rings. The molecule has 0 unspecified atom stereocenters. The fourth-order valence-electron chi connectivity index (χ4n) is 3.02. The van der Waals surface area contributed by atoms with Gasteiger partial charge in [0.1, 0.15) is 0 Å². The van der Waals surface area contributed by atoms with E-state index >= 15 is 0 Å². The van der Waals surface area contributed by atoms with Gasteiger partial charge in [0.15, 0.2) is 0 Å². The molecule has 0 aromatic carbocycles. The molecule has 0 aromatic heterocycles. The van der Waals surface area contributed by atoms with E-state index < -0.39 is 0 Å². The molecule has 3 heteroatoms. The van der Waals surface area contributed by atoms with Gasteiger partial charge in [0, 0.05) is 13.1 Å². The van der Waals surface area contributed by atoms with Crippen molar-refractivity contribution in [2.24, 2.45) is 17.1 Å². The maximum Gasteiger partial charge on any atom is 0.0558 e. The summed E-state index contributed by atoms with van der Waals surface area (Å²) < 4.78 is 0. The van der Waals surface area contributed by atoms with Gasteiger partial charge in [0.2, 0.25) is 0 Å². The average molecular weight is 184 g/mol. The standard InChI is InChI=1S/C10H20N2O/c11-7-9-5-10(6-9)1-2-12(8-10)3-4-13/h9,13H,1-8,11H2. The van der Waals surface area contributed by atoms with Gasteiger partial charge in [-0.05, 0) is 43.7 Å². The third-order valence-electron chi connectivity index (χ3n) is 3.71. The first-order valence-electron chi connectivity index (χ1n) is 5.31. The van der Waals surface area contributed by atoms with Crippen LogP contribution in [-0.4, -0.2) is 42.8 Å². The van der Waals surface area contributed by atoms with E-state index in [2.05, 4.69) is 4.90 Å². The largest absolute Gasteiger partial charge is 0.395 e. The molecule has 0 aromatic rings. The monoisotopic (exact) mass is 184 g/mol. The summed E-state index contributed by atoms with van der Waals surface area (Å²) in [6, 6.07) is 0. The van der Waals surface area contributed by atoms with Gasteiger partial charge >= 0.3 is 0 Å². The van der Waals surface area contributed by atoms with E-state index in [1.165, 1.54) is 32.4 Å². The Morgan fingerprint density at radius 2 is 2.23 bits per heavy atom. The molecule has 3 N–H and O–H groups in total. The normalized spacial score (nSPS) is 39.7. The summed E-state index contributed by atoms with van der Waals surface area (Å²) in [6.07, 6.45) is 3.97. The predicted octanol–water partition coefficient (Wildman–Crippen LogP) is 0.0395. The second-order valence-electron chi connectivity index (χ2n) is 4.76. The van der Waals surface area contributed by atoms with Crippen molar-refractivity contribution in [1.82, 2.24) is 4.90 Å². The molecule has 76 valence electrons. The van der Waals surface area contributed by atoms with Crippen LogP contribution >= 0.6 is 0 Å². The zero-order valence-corrected chi connectivity index (χ0v) is 8.21. The molecule has 2 aliphatic rings. The molecular weight excluding hydrogens is 164 g/mol. The number of β-amino-alcohol motifs (C(OH)–C–C–N with tert-alkyl or cyclic N) is 1. The van der Waals surface area contributed by atoms with Crippen molar-refractivity contribution in [1.29, 1.82) is 0 Å². The van der Waals surface area contributed by atoms with Crippen molar-refractivity contribution >= 4 is 0 Å². The van der Waals surface area contributed by atoms with Crippen molar-refractivity contribution in [3.63, 3.8) is 0 Å². The Morgan fingerprint density at radius 1 is 1.46 bits per heavy atom. The van der Waals surface area contributed by atoms with Crippen LogP contribution in [0.3, 0.4) is 0 Å². The van der Waals surface area contributed by atoms with Crippen LogP contribution in [0.5, 0.6) is 0 Å². The summed E-state index contributed by atoms with van der Waals surface area (Å²) in [6.45, 7) is 4.40. The highest BCUT2D eigenvalue weighted by atomic mass is 16.3. The number of likely N-dealkylation sites (tertiary alicyclic amines) is 1. The molecule has 0 atom stereocenters. The topological polar surface area (TPSA) is 49.5 Å². The molecule has 0 radical (unpaired) electrons. The second kappa shape index (κ2) is 3.56. The predicted molar refractivity (Wildman–Crippen MR) is 52.4 cm³/mol. The Balaban J connectivity index is 1.79. The van der Waals surface area contributed by atoms with Crippen LogP contribution in [0.15, 0.2) is 0 Å². The quantitative estimate of drug-likeness (QED) is 0.651. The molecule has 1 spiro atoms. The zero-order valence-electron chi connectivity index (χ0n) is 8.21. The third-order valence-corrected chi connectivity index (χ3v) is 3.71.